The van der Waals surface area contributed by atoms with E-state index in [1.807, 2.05) is 43.5 Å². The first-order valence-corrected chi connectivity index (χ1v) is 15.4. The van der Waals surface area contributed by atoms with Crippen LogP contribution in [0.15, 0.2) is 96.0 Å². The molecular formula is C38H31N5O2. The zero-order chi connectivity index (χ0) is 31.1. The van der Waals surface area contributed by atoms with Gasteiger partial charge in [0.2, 0.25) is 0 Å². The molecule has 2 aromatic carbocycles. The second-order valence-corrected chi connectivity index (χ2v) is 12.9. The highest BCUT2D eigenvalue weighted by atomic mass is 16.2. The monoisotopic (exact) mass is 589 g/mol. The lowest BCUT2D eigenvalue weighted by atomic mass is 9.54. The number of amides is 2. The Balaban J connectivity index is 1.28. The first kappa shape index (κ1) is 27.2. The first-order valence-electron chi connectivity index (χ1n) is 15.4. The van der Waals surface area contributed by atoms with Crippen molar-refractivity contribution in [1.29, 1.82) is 0 Å². The van der Waals surface area contributed by atoms with Gasteiger partial charge in [0.25, 0.3) is 11.8 Å². The van der Waals surface area contributed by atoms with Gasteiger partial charge in [-0.15, -0.1) is 0 Å². The number of hydrogen-bond acceptors (Lipinski definition) is 5. The number of fused-ring (bicyclic) bond motifs is 4. The van der Waals surface area contributed by atoms with Crippen molar-refractivity contribution in [1.82, 2.24) is 24.5 Å². The molecule has 1 saturated carbocycles. The number of imide groups is 1. The minimum absolute atomic E-state index is 0.0424. The summed E-state index contributed by atoms with van der Waals surface area (Å²) < 4.78 is 1.79. The average Bonchev–Trinajstić information content (AvgIpc) is 3.55. The number of rotatable bonds is 5. The number of benzene rings is 2. The lowest BCUT2D eigenvalue weighted by Gasteiger charge is -2.58. The van der Waals surface area contributed by atoms with E-state index in [4.69, 9.17) is 4.98 Å². The molecule has 2 aliphatic carbocycles. The van der Waals surface area contributed by atoms with E-state index in [-0.39, 0.29) is 17.2 Å². The third kappa shape index (κ3) is 3.95. The van der Waals surface area contributed by atoms with Crippen LogP contribution in [-0.2, 0) is 5.54 Å². The van der Waals surface area contributed by atoms with E-state index in [2.05, 4.69) is 72.6 Å². The third-order valence-electron chi connectivity index (χ3n) is 9.89. The number of carbonyl (C=O) groups excluding carboxylic acids is 2. The Morgan fingerprint density at radius 1 is 0.889 bits per heavy atom. The fourth-order valence-electron chi connectivity index (χ4n) is 7.44. The molecule has 1 aliphatic heterocycles. The lowest BCUT2D eigenvalue weighted by Crippen LogP contribution is -2.60. The Morgan fingerprint density at radius 3 is 2.24 bits per heavy atom. The Labute approximate surface area is 260 Å². The van der Waals surface area contributed by atoms with Crippen molar-refractivity contribution >= 4 is 34.1 Å². The van der Waals surface area contributed by atoms with Crippen LogP contribution in [0.2, 0.25) is 0 Å². The largest absolute Gasteiger partial charge is 0.269 e. The van der Waals surface area contributed by atoms with Gasteiger partial charge in [0.15, 0.2) is 11.3 Å². The topological polar surface area (TPSA) is 80.5 Å². The third-order valence-corrected chi connectivity index (χ3v) is 9.89. The standard InChI is InChI=1S/C38H31N5O2/c1-5-37(4)21-38(22-37,42-35(44)29-12-8-9-13-30(29)36(42)45)27-16-14-25(15-17-27)33-31(28-11-7-6-10-23(28)2)19-26-20-39-32-18-24(3)41-43(32)34(26)40-33/h8-20H,5,21-22H2,1-4H3. The van der Waals surface area contributed by atoms with Gasteiger partial charge in [0.05, 0.1) is 28.1 Å². The molecule has 220 valence electrons. The Morgan fingerprint density at radius 2 is 1.58 bits per heavy atom. The molecule has 2 amide bonds. The summed E-state index contributed by atoms with van der Waals surface area (Å²) in [4.78, 5) is 38.9. The molecule has 5 aromatic rings. The Hall–Kier alpha value is -5.35. The highest BCUT2D eigenvalue weighted by Crippen LogP contribution is 2.60. The molecule has 0 N–H and O–H groups in total. The van der Waals surface area contributed by atoms with E-state index >= 15 is 0 Å². The van der Waals surface area contributed by atoms with Crippen LogP contribution in [0, 0.1) is 12.3 Å². The average molecular weight is 590 g/mol. The molecule has 3 aromatic heterocycles. The minimum atomic E-state index is -0.707. The number of aryl methyl sites for hydroxylation is 1. The Bertz CT molecular complexity index is 2220. The molecule has 0 saturated heterocycles. The van der Waals surface area contributed by atoms with Gasteiger partial charge in [-0.2, -0.15) is 9.61 Å². The summed E-state index contributed by atoms with van der Waals surface area (Å²) in [5.74, 6) is -0.424. The highest BCUT2D eigenvalue weighted by molar-refractivity contribution is 6.22. The van der Waals surface area contributed by atoms with Crippen LogP contribution in [0.1, 0.15) is 77.6 Å². The van der Waals surface area contributed by atoms with Crippen molar-refractivity contribution < 1.29 is 9.59 Å². The Kier molecular flexibility index (Phi) is 5.79. The summed E-state index contributed by atoms with van der Waals surface area (Å²) in [6, 6.07) is 19.5. The molecule has 0 radical (unpaired) electrons. The van der Waals surface area contributed by atoms with Crippen LogP contribution in [-0.4, -0.2) is 36.3 Å². The fourth-order valence-corrected chi connectivity index (χ4v) is 7.44. The zero-order valence-electron chi connectivity index (χ0n) is 25.7. The van der Waals surface area contributed by atoms with Gasteiger partial charge in [-0.25, -0.2) is 9.97 Å². The molecule has 1 fully saturated rings. The van der Waals surface area contributed by atoms with Gasteiger partial charge in [0, 0.05) is 28.8 Å². The van der Waals surface area contributed by atoms with E-state index in [9.17, 15) is 9.59 Å². The van der Waals surface area contributed by atoms with Crippen molar-refractivity contribution in [2.75, 3.05) is 0 Å². The fraction of sp³-hybridized carbons (Fsp3) is 0.237. The maximum absolute atomic E-state index is 13.8. The first-order chi connectivity index (χ1) is 21.7. The van der Waals surface area contributed by atoms with Crippen LogP contribution >= 0.6 is 0 Å². The van der Waals surface area contributed by atoms with Crippen molar-refractivity contribution in [3.05, 3.63) is 124 Å². The molecule has 0 bridgehead atoms. The maximum atomic E-state index is 13.8. The second kappa shape index (κ2) is 9.57. The molecule has 45 heavy (non-hydrogen) atoms. The van der Waals surface area contributed by atoms with E-state index in [0.717, 1.165) is 75.2 Å². The van der Waals surface area contributed by atoms with Crippen molar-refractivity contribution in [3.8, 4) is 11.3 Å². The van der Waals surface area contributed by atoms with E-state index in [0.29, 0.717) is 11.1 Å². The molecular weight excluding hydrogens is 558 g/mol. The summed E-state index contributed by atoms with van der Waals surface area (Å²) >= 11 is 0. The van der Waals surface area contributed by atoms with Gasteiger partial charge in [-0.1, -0.05) is 68.1 Å². The van der Waals surface area contributed by atoms with Gasteiger partial charge in [-0.05, 0) is 79.2 Å². The number of carbonyl (C=O) groups is 2. The van der Waals surface area contributed by atoms with Crippen LogP contribution in [0.4, 0.5) is 0 Å². The molecule has 7 heteroatoms. The molecule has 7 nitrogen and oxygen atoms in total. The van der Waals surface area contributed by atoms with Crippen molar-refractivity contribution in [3.63, 3.8) is 0 Å². The van der Waals surface area contributed by atoms with Crippen molar-refractivity contribution in [2.24, 2.45) is 5.41 Å². The van der Waals surface area contributed by atoms with Crippen LogP contribution in [0.25, 0.3) is 33.5 Å². The summed E-state index contributed by atoms with van der Waals surface area (Å²) in [5.41, 5.74) is 14.5. The highest BCUT2D eigenvalue weighted by Gasteiger charge is 2.60. The molecule has 0 atom stereocenters. The van der Waals surface area contributed by atoms with Crippen molar-refractivity contribution in [2.45, 2.75) is 52.5 Å². The number of allylic oxidation sites excluding steroid dienone is 4. The SMILES string of the molecule is CCC1(C)CC(c2ccc(-c3nc4c(cnc5cc(C)nn54)cc3C3=C(C)C=C=C=C3)cc2)(N2C(=O)c3ccccc3C2=O)C1. The van der Waals surface area contributed by atoms with Crippen LogP contribution in [0.5, 0.6) is 0 Å². The van der Waals surface area contributed by atoms with E-state index < -0.39 is 5.54 Å². The molecule has 0 unspecified atom stereocenters. The summed E-state index contributed by atoms with van der Waals surface area (Å²) in [6.45, 7) is 8.42. The van der Waals surface area contributed by atoms with Crippen LogP contribution in [0.3, 0.4) is 0 Å². The number of hydrogen-bond donors (Lipinski definition) is 0. The van der Waals surface area contributed by atoms with Gasteiger partial charge < -0.3 is 0 Å². The van der Waals surface area contributed by atoms with E-state index in [1.165, 1.54) is 4.90 Å². The van der Waals surface area contributed by atoms with Gasteiger partial charge >= 0.3 is 0 Å². The summed E-state index contributed by atoms with van der Waals surface area (Å²) in [5, 5.41) is 5.55. The normalized spacial score (nSPS) is 22.2. The minimum Gasteiger partial charge on any atom is -0.269 e. The lowest BCUT2D eigenvalue weighted by molar-refractivity contribution is -0.0524. The summed E-state index contributed by atoms with van der Waals surface area (Å²) in [7, 11) is 0. The predicted octanol–water partition coefficient (Wildman–Crippen LogP) is 7.61. The van der Waals surface area contributed by atoms with Gasteiger partial charge in [-0.3, -0.25) is 14.5 Å². The van der Waals surface area contributed by atoms with Gasteiger partial charge in [0.1, 0.15) is 0 Å². The molecule has 3 aliphatic rings. The second-order valence-electron chi connectivity index (χ2n) is 12.9. The number of pyridine rings is 1. The molecule has 4 heterocycles. The predicted molar refractivity (Wildman–Crippen MR) is 173 cm³/mol. The smallest absolute Gasteiger partial charge is 0.262 e. The summed E-state index contributed by atoms with van der Waals surface area (Å²) in [6.07, 6.45) is 8.13. The number of nitrogens with zero attached hydrogens (tertiary/aromatic N) is 5. The van der Waals surface area contributed by atoms with E-state index in [1.54, 1.807) is 16.6 Å². The quantitative estimate of drug-likeness (QED) is 0.156. The zero-order valence-corrected chi connectivity index (χ0v) is 25.7. The number of aromatic nitrogens is 4. The maximum Gasteiger partial charge on any atom is 0.262 e. The van der Waals surface area contributed by atoms with Crippen LogP contribution < -0.4 is 0 Å². The molecule has 8 rings (SSSR count). The molecule has 0 spiro atoms.